The molecule has 2 aromatic rings. The zero-order valence-corrected chi connectivity index (χ0v) is 14.7. The van der Waals surface area contributed by atoms with E-state index in [4.69, 9.17) is 0 Å². The Morgan fingerprint density at radius 1 is 1.08 bits per heavy atom. The van der Waals surface area contributed by atoms with Crippen molar-refractivity contribution in [3.63, 3.8) is 0 Å². The SMILES string of the molecule is CCN(C(=O)C1CC1C(=O)NCc1ccccc1)c1cccc(C)c1. The third kappa shape index (κ3) is 4.08. The molecule has 1 saturated carbocycles. The summed E-state index contributed by atoms with van der Waals surface area (Å²) in [5, 5.41) is 2.94. The molecule has 1 aliphatic rings. The third-order valence-corrected chi connectivity index (χ3v) is 4.65. The highest BCUT2D eigenvalue weighted by molar-refractivity contribution is 6.01. The van der Waals surface area contributed by atoms with Crippen LogP contribution in [0.1, 0.15) is 24.5 Å². The highest BCUT2D eigenvalue weighted by atomic mass is 16.2. The van der Waals surface area contributed by atoms with Gasteiger partial charge in [0.05, 0.1) is 11.8 Å². The van der Waals surface area contributed by atoms with Crippen LogP contribution in [0.4, 0.5) is 5.69 Å². The van der Waals surface area contributed by atoms with E-state index in [1.807, 2.05) is 68.4 Å². The Morgan fingerprint density at radius 2 is 1.84 bits per heavy atom. The molecule has 2 unspecified atom stereocenters. The van der Waals surface area contributed by atoms with E-state index in [9.17, 15) is 9.59 Å². The molecule has 25 heavy (non-hydrogen) atoms. The van der Waals surface area contributed by atoms with E-state index in [0.717, 1.165) is 16.8 Å². The van der Waals surface area contributed by atoms with Crippen LogP contribution in [-0.4, -0.2) is 18.4 Å². The minimum Gasteiger partial charge on any atom is -0.352 e. The number of hydrogen-bond acceptors (Lipinski definition) is 2. The zero-order chi connectivity index (χ0) is 17.8. The first-order chi connectivity index (χ1) is 12.1. The van der Waals surface area contributed by atoms with Gasteiger partial charge in [-0.1, -0.05) is 42.5 Å². The Labute approximate surface area is 148 Å². The summed E-state index contributed by atoms with van der Waals surface area (Å²) in [5.41, 5.74) is 3.09. The second kappa shape index (κ2) is 7.51. The molecule has 1 aliphatic carbocycles. The smallest absolute Gasteiger partial charge is 0.230 e. The van der Waals surface area contributed by atoms with Gasteiger partial charge in [-0.3, -0.25) is 9.59 Å². The lowest BCUT2D eigenvalue weighted by Gasteiger charge is -2.21. The van der Waals surface area contributed by atoms with Crippen LogP contribution in [0.15, 0.2) is 54.6 Å². The maximum absolute atomic E-state index is 12.8. The summed E-state index contributed by atoms with van der Waals surface area (Å²) in [6.45, 7) is 5.09. The zero-order valence-electron chi connectivity index (χ0n) is 14.7. The summed E-state index contributed by atoms with van der Waals surface area (Å²) in [6, 6.07) is 17.7. The molecule has 4 heteroatoms. The number of carbonyl (C=O) groups is 2. The van der Waals surface area contributed by atoms with E-state index in [1.54, 1.807) is 4.90 Å². The van der Waals surface area contributed by atoms with Crippen molar-refractivity contribution < 1.29 is 9.59 Å². The van der Waals surface area contributed by atoms with E-state index >= 15 is 0 Å². The molecule has 2 aromatic carbocycles. The van der Waals surface area contributed by atoms with E-state index in [2.05, 4.69) is 5.32 Å². The molecular formula is C21H24N2O2. The van der Waals surface area contributed by atoms with E-state index in [1.165, 1.54) is 0 Å². The summed E-state index contributed by atoms with van der Waals surface area (Å²) in [4.78, 5) is 26.9. The lowest BCUT2D eigenvalue weighted by atomic mass is 10.2. The fourth-order valence-corrected chi connectivity index (χ4v) is 3.14. The molecule has 0 aromatic heterocycles. The van der Waals surface area contributed by atoms with Gasteiger partial charge in [0.15, 0.2) is 0 Å². The molecule has 2 amide bonds. The second-order valence-electron chi connectivity index (χ2n) is 6.57. The first kappa shape index (κ1) is 17.2. The van der Waals surface area contributed by atoms with Crippen LogP contribution < -0.4 is 10.2 Å². The average molecular weight is 336 g/mol. The summed E-state index contributed by atoms with van der Waals surface area (Å²) in [5.74, 6) is -0.373. The van der Waals surface area contributed by atoms with Gasteiger partial charge in [-0.05, 0) is 43.5 Å². The number of nitrogens with zero attached hydrogens (tertiary/aromatic N) is 1. The predicted octanol–water partition coefficient (Wildman–Crippen LogP) is 3.30. The van der Waals surface area contributed by atoms with E-state index < -0.39 is 0 Å². The molecule has 130 valence electrons. The van der Waals surface area contributed by atoms with Gasteiger partial charge in [-0.25, -0.2) is 0 Å². The van der Waals surface area contributed by atoms with Crippen LogP contribution in [0.25, 0.3) is 0 Å². The summed E-state index contributed by atoms with van der Waals surface area (Å²) >= 11 is 0. The van der Waals surface area contributed by atoms with Gasteiger partial charge in [-0.2, -0.15) is 0 Å². The van der Waals surface area contributed by atoms with Crippen molar-refractivity contribution in [1.82, 2.24) is 5.32 Å². The van der Waals surface area contributed by atoms with Gasteiger partial charge < -0.3 is 10.2 Å². The van der Waals surface area contributed by atoms with Crippen LogP contribution in [0.5, 0.6) is 0 Å². The van der Waals surface area contributed by atoms with Crippen LogP contribution in [0.3, 0.4) is 0 Å². The molecule has 0 heterocycles. The molecule has 2 atom stereocenters. The minimum absolute atomic E-state index is 0.0255. The van der Waals surface area contributed by atoms with Crippen molar-refractivity contribution in [2.45, 2.75) is 26.8 Å². The molecule has 0 spiro atoms. The number of rotatable bonds is 6. The summed E-state index contributed by atoms with van der Waals surface area (Å²) in [6.07, 6.45) is 0.641. The quantitative estimate of drug-likeness (QED) is 0.880. The van der Waals surface area contributed by atoms with Crippen molar-refractivity contribution in [3.05, 3.63) is 65.7 Å². The van der Waals surface area contributed by atoms with Crippen LogP contribution >= 0.6 is 0 Å². The number of amides is 2. The Morgan fingerprint density at radius 3 is 2.52 bits per heavy atom. The highest BCUT2D eigenvalue weighted by Crippen LogP contribution is 2.41. The fourth-order valence-electron chi connectivity index (χ4n) is 3.14. The number of hydrogen-bond donors (Lipinski definition) is 1. The Balaban J connectivity index is 1.58. The normalized spacial score (nSPS) is 18.5. The number of carbonyl (C=O) groups excluding carboxylic acids is 2. The molecule has 3 rings (SSSR count). The van der Waals surface area contributed by atoms with Gasteiger partial charge in [0, 0.05) is 18.8 Å². The summed E-state index contributed by atoms with van der Waals surface area (Å²) in [7, 11) is 0. The number of benzene rings is 2. The highest BCUT2D eigenvalue weighted by Gasteiger charge is 2.49. The van der Waals surface area contributed by atoms with E-state index in [0.29, 0.717) is 19.5 Å². The maximum Gasteiger partial charge on any atom is 0.230 e. The maximum atomic E-state index is 12.8. The Kier molecular flexibility index (Phi) is 5.17. The third-order valence-electron chi connectivity index (χ3n) is 4.65. The minimum atomic E-state index is -0.199. The van der Waals surface area contributed by atoms with Crippen molar-refractivity contribution >= 4 is 17.5 Å². The summed E-state index contributed by atoms with van der Waals surface area (Å²) < 4.78 is 0. The lowest BCUT2D eigenvalue weighted by Crippen LogP contribution is -2.34. The van der Waals surface area contributed by atoms with Crippen molar-refractivity contribution in [3.8, 4) is 0 Å². The van der Waals surface area contributed by atoms with Gasteiger partial charge in [0.1, 0.15) is 0 Å². The molecular weight excluding hydrogens is 312 g/mol. The van der Waals surface area contributed by atoms with Crippen LogP contribution in [0.2, 0.25) is 0 Å². The van der Waals surface area contributed by atoms with Crippen molar-refractivity contribution in [2.75, 3.05) is 11.4 Å². The van der Waals surface area contributed by atoms with Crippen molar-refractivity contribution in [2.24, 2.45) is 11.8 Å². The van der Waals surface area contributed by atoms with Gasteiger partial charge >= 0.3 is 0 Å². The van der Waals surface area contributed by atoms with E-state index in [-0.39, 0.29) is 23.7 Å². The molecule has 0 aliphatic heterocycles. The van der Waals surface area contributed by atoms with Gasteiger partial charge in [0.25, 0.3) is 0 Å². The molecule has 1 fully saturated rings. The standard InChI is InChI=1S/C21H24N2O2/c1-3-23(17-11-7-8-15(2)12-17)21(25)19-13-18(19)20(24)22-14-16-9-5-4-6-10-16/h4-12,18-19H,3,13-14H2,1-2H3,(H,22,24). The average Bonchev–Trinajstić information content (AvgIpc) is 3.42. The number of anilines is 1. The Bertz CT molecular complexity index is 758. The number of aryl methyl sites for hydroxylation is 1. The molecule has 4 nitrogen and oxygen atoms in total. The van der Waals surface area contributed by atoms with Gasteiger partial charge in [-0.15, -0.1) is 0 Å². The van der Waals surface area contributed by atoms with Gasteiger partial charge in [0.2, 0.25) is 11.8 Å². The van der Waals surface area contributed by atoms with Crippen molar-refractivity contribution in [1.29, 1.82) is 0 Å². The topological polar surface area (TPSA) is 49.4 Å². The molecule has 0 radical (unpaired) electrons. The predicted molar refractivity (Wildman–Crippen MR) is 99.1 cm³/mol. The molecule has 0 saturated heterocycles. The molecule has 0 bridgehead atoms. The van der Waals surface area contributed by atoms with Crippen LogP contribution in [0, 0.1) is 18.8 Å². The first-order valence-electron chi connectivity index (χ1n) is 8.80. The fraction of sp³-hybridized carbons (Fsp3) is 0.333. The van der Waals surface area contributed by atoms with Crippen LogP contribution in [-0.2, 0) is 16.1 Å². The Hall–Kier alpha value is -2.62. The first-order valence-corrected chi connectivity index (χ1v) is 8.80. The number of nitrogens with one attached hydrogen (secondary N) is 1. The molecule has 1 N–H and O–H groups in total. The monoisotopic (exact) mass is 336 g/mol. The lowest BCUT2D eigenvalue weighted by molar-refractivity contribution is -0.126. The second-order valence-corrected chi connectivity index (χ2v) is 6.57. The largest absolute Gasteiger partial charge is 0.352 e.